The summed E-state index contributed by atoms with van der Waals surface area (Å²) in [6.45, 7) is 5.58. The quantitative estimate of drug-likeness (QED) is 0.543. The lowest BCUT2D eigenvalue weighted by Crippen LogP contribution is -2.60. The van der Waals surface area contributed by atoms with Gasteiger partial charge in [-0.15, -0.1) is 11.3 Å². The first kappa shape index (κ1) is 17.9. The molecule has 0 saturated heterocycles. The van der Waals surface area contributed by atoms with Crippen LogP contribution in [0.25, 0.3) is 11.3 Å². The molecule has 0 radical (unpaired) electrons. The van der Waals surface area contributed by atoms with Crippen LogP contribution in [-0.4, -0.2) is 21.7 Å². The SMILES string of the molecule is CCSc1n[n+]2c(c(=O)[nH]1)-c1ccccc1N(C(C)=O)C2c1ccc(C)s1. The molecule has 1 aromatic carbocycles. The molecule has 8 heteroatoms. The van der Waals surface area contributed by atoms with Crippen molar-refractivity contribution in [2.75, 3.05) is 10.7 Å². The number of H-pyrrole nitrogens is 1. The van der Waals surface area contributed by atoms with Gasteiger partial charge in [-0.2, -0.15) is 0 Å². The summed E-state index contributed by atoms with van der Waals surface area (Å²) >= 11 is 3.07. The maximum absolute atomic E-state index is 13.0. The Morgan fingerprint density at radius 2 is 2.11 bits per heavy atom. The molecule has 1 N–H and O–H groups in total. The van der Waals surface area contributed by atoms with E-state index >= 15 is 0 Å². The van der Waals surface area contributed by atoms with Gasteiger partial charge in [-0.25, -0.2) is 4.90 Å². The fraction of sp³-hybridized carbons (Fsp3) is 0.263. The molecule has 138 valence electrons. The molecule has 6 nitrogen and oxygen atoms in total. The summed E-state index contributed by atoms with van der Waals surface area (Å²) in [6.07, 6.45) is -0.482. The van der Waals surface area contributed by atoms with Crippen LogP contribution in [0.3, 0.4) is 0 Å². The molecular formula is C19H19N4O2S2+. The van der Waals surface area contributed by atoms with Crippen molar-refractivity contribution >= 4 is 34.7 Å². The van der Waals surface area contributed by atoms with E-state index in [2.05, 4.69) is 4.98 Å². The van der Waals surface area contributed by atoms with E-state index in [4.69, 9.17) is 5.10 Å². The average molecular weight is 400 g/mol. The number of aromatic amines is 1. The van der Waals surface area contributed by atoms with Crippen molar-refractivity contribution in [2.24, 2.45) is 0 Å². The first-order valence-electron chi connectivity index (χ1n) is 8.65. The van der Waals surface area contributed by atoms with Crippen LogP contribution in [-0.2, 0) is 4.79 Å². The highest BCUT2D eigenvalue weighted by atomic mass is 32.2. The molecular weight excluding hydrogens is 380 g/mol. The Morgan fingerprint density at radius 3 is 2.78 bits per heavy atom. The minimum Gasteiger partial charge on any atom is -0.291 e. The number of rotatable bonds is 3. The molecule has 1 aliphatic rings. The zero-order valence-corrected chi connectivity index (χ0v) is 16.9. The third-order valence-corrected chi connectivity index (χ3v) is 6.18. The van der Waals surface area contributed by atoms with E-state index in [1.54, 1.807) is 27.8 Å². The Kier molecular flexibility index (Phi) is 4.61. The van der Waals surface area contributed by atoms with Crippen molar-refractivity contribution in [1.29, 1.82) is 0 Å². The van der Waals surface area contributed by atoms with Gasteiger partial charge in [-0.05, 0) is 41.6 Å². The first-order valence-corrected chi connectivity index (χ1v) is 10.5. The highest BCUT2D eigenvalue weighted by molar-refractivity contribution is 7.99. The number of benzene rings is 1. The number of hydrogen-bond donors (Lipinski definition) is 1. The normalized spacial score (nSPS) is 15.4. The molecule has 1 atom stereocenters. The van der Waals surface area contributed by atoms with E-state index in [1.807, 2.05) is 50.2 Å². The molecule has 1 aliphatic heterocycles. The van der Waals surface area contributed by atoms with Gasteiger partial charge in [0, 0.05) is 16.9 Å². The van der Waals surface area contributed by atoms with Gasteiger partial charge in [0.1, 0.15) is 0 Å². The minimum absolute atomic E-state index is 0.0940. The van der Waals surface area contributed by atoms with E-state index in [0.717, 1.165) is 21.2 Å². The molecule has 0 spiro atoms. The van der Waals surface area contributed by atoms with Gasteiger partial charge in [0.25, 0.3) is 0 Å². The second-order valence-electron chi connectivity index (χ2n) is 6.21. The zero-order valence-electron chi connectivity index (χ0n) is 15.2. The Hall–Kier alpha value is -2.45. The van der Waals surface area contributed by atoms with Crippen LogP contribution < -0.4 is 15.1 Å². The number of carbonyl (C=O) groups excluding carboxylic acids is 1. The monoisotopic (exact) mass is 399 g/mol. The number of carbonyl (C=O) groups is 1. The van der Waals surface area contributed by atoms with Gasteiger partial charge < -0.3 is 0 Å². The lowest BCUT2D eigenvalue weighted by atomic mass is 10.0. The second kappa shape index (κ2) is 6.94. The molecule has 0 fully saturated rings. The van der Waals surface area contributed by atoms with Gasteiger partial charge in [0.2, 0.25) is 11.1 Å². The third kappa shape index (κ3) is 2.98. The van der Waals surface area contributed by atoms with Gasteiger partial charge in [0.15, 0.2) is 0 Å². The Labute approximate surface area is 164 Å². The number of amides is 1. The maximum atomic E-state index is 13.0. The number of fused-ring (bicyclic) bond motifs is 3. The molecule has 4 rings (SSSR count). The molecule has 0 saturated carbocycles. The van der Waals surface area contributed by atoms with Crippen LogP contribution in [0, 0.1) is 6.92 Å². The van der Waals surface area contributed by atoms with E-state index in [1.165, 1.54) is 11.8 Å². The van der Waals surface area contributed by atoms with Crippen molar-refractivity contribution in [3.05, 3.63) is 56.5 Å². The largest absolute Gasteiger partial charge is 0.325 e. The van der Waals surface area contributed by atoms with E-state index < -0.39 is 6.17 Å². The number of nitrogens with zero attached hydrogens (tertiary/aromatic N) is 3. The number of thioether (sulfide) groups is 1. The number of aromatic nitrogens is 3. The fourth-order valence-corrected chi connectivity index (χ4v) is 4.90. The highest BCUT2D eigenvalue weighted by Crippen LogP contribution is 2.38. The van der Waals surface area contributed by atoms with Gasteiger partial charge in [0.05, 0.1) is 16.1 Å². The predicted molar refractivity (Wildman–Crippen MR) is 107 cm³/mol. The van der Waals surface area contributed by atoms with Crippen molar-refractivity contribution in [3.63, 3.8) is 0 Å². The molecule has 2 aromatic heterocycles. The number of anilines is 1. The summed E-state index contributed by atoms with van der Waals surface area (Å²) in [5.74, 6) is 0.696. The number of para-hydroxylation sites is 1. The van der Waals surface area contributed by atoms with Crippen molar-refractivity contribution in [1.82, 2.24) is 10.1 Å². The minimum atomic E-state index is -0.482. The Balaban J connectivity index is 2.07. The fourth-order valence-electron chi connectivity index (χ4n) is 3.36. The van der Waals surface area contributed by atoms with Crippen molar-refractivity contribution in [3.8, 4) is 11.3 Å². The van der Waals surface area contributed by atoms with Crippen LogP contribution in [0.4, 0.5) is 5.69 Å². The lowest BCUT2D eigenvalue weighted by Gasteiger charge is -2.30. The molecule has 3 aromatic rings. The van der Waals surface area contributed by atoms with Crippen LogP contribution in [0.15, 0.2) is 46.3 Å². The number of nitrogens with one attached hydrogen (secondary N) is 1. The number of aryl methyl sites for hydroxylation is 1. The van der Waals surface area contributed by atoms with E-state index in [9.17, 15) is 9.59 Å². The van der Waals surface area contributed by atoms with Crippen LogP contribution >= 0.6 is 23.1 Å². The van der Waals surface area contributed by atoms with Crippen LogP contribution in [0.1, 0.15) is 29.8 Å². The van der Waals surface area contributed by atoms with Crippen molar-refractivity contribution in [2.45, 2.75) is 32.1 Å². The van der Waals surface area contributed by atoms with Crippen LogP contribution in [0.2, 0.25) is 0 Å². The smallest absolute Gasteiger partial charge is 0.291 e. The third-order valence-electron chi connectivity index (χ3n) is 4.39. The molecule has 0 bridgehead atoms. The summed E-state index contributed by atoms with van der Waals surface area (Å²) in [5, 5.41) is 5.25. The predicted octanol–water partition coefficient (Wildman–Crippen LogP) is 3.12. The van der Waals surface area contributed by atoms with Gasteiger partial charge >= 0.3 is 17.4 Å². The summed E-state index contributed by atoms with van der Waals surface area (Å²) in [6, 6.07) is 11.5. The lowest BCUT2D eigenvalue weighted by molar-refractivity contribution is -0.762. The van der Waals surface area contributed by atoms with Gasteiger partial charge in [-0.3, -0.25) is 14.6 Å². The van der Waals surface area contributed by atoms with E-state index in [0.29, 0.717) is 16.4 Å². The van der Waals surface area contributed by atoms with Crippen molar-refractivity contribution < 1.29 is 9.48 Å². The highest BCUT2D eigenvalue weighted by Gasteiger charge is 2.45. The Bertz CT molecular complexity index is 1090. The molecule has 1 amide bonds. The molecule has 27 heavy (non-hydrogen) atoms. The standard InChI is InChI=1S/C19H18N4O2S2/c1-4-26-19-20-17(25)16-13-7-5-6-8-14(13)22(12(3)24)18(23(16)21-19)15-10-9-11(2)27-15/h5-10,18H,4H2,1-3H3/p+1. The summed E-state index contributed by atoms with van der Waals surface area (Å²) in [5.41, 5.74) is 1.71. The number of hydrogen-bond acceptors (Lipinski definition) is 5. The molecule has 0 aliphatic carbocycles. The summed E-state index contributed by atoms with van der Waals surface area (Å²) in [7, 11) is 0. The maximum Gasteiger partial charge on any atom is 0.325 e. The number of thiophene rings is 1. The molecule has 1 unspecified atom stereocenters. The Morgan fingerprint density at radius 1 is 1.33 bits per heavy atom. The van der Waals surface area contributed by atoms with Gasteiger partial charge in [-0.1, -0.05) is 30.8 Å². The topological polar surface area (TPSA) is 69.9 Å². The summed E-state index contributed by atoms with van der Waals surface area (Å²) < 4.78 is 1.70. The second-order valence-corrected chi connectivity index (χ2v) is 8.79. The van der Waals surface area contributed by atoms with Crippen LogP contribution in [0.5, 0.6) is 0 Å². The molecule has 3 heterocycles. The summed E-state index contributed by atoms with van der Waals surface area (Å²) in [4.78, 5) is 32.3. The first-order chi connectivity index (χ1) is 13.0. The van der Waals surface area contributed by atoms with E-state index in [-0.39, 0.29) is 11.5 Å². The zero-order chi connectivity index (χ0) is 19.1. The average Bonchev–Trinajstić information content (AvgIpc) is 3.06.